The first kappa shape index (κ1) is 17.6. The number of ether oxygens (including phenoxy) is 1. The highest BCUT2D eigenvalue weighted by molar-refractivity contribution is 5.96. The lowest BCUT2D eigenvalue weighted by molar-refractivity contribution is -0.123. The summed E-state index contributed by atoms with van der Waals surface area (Å²) in [6.07, 6.45) is 1.86. The van der Waals surface area contributed by atoms with Crippen molar-refractivity contribution in [1.29, 1.82) is 0 Å². The number of nitrogens with one attached hydrogen (secondary N) is 1. The third-order valence-electron chi connectivity index (χ3n) is 3.49. The zero-order valence-corrected chi connectivity index (χ0v) is 14.2. The van der Waals surface area contributed by atoms with Crippen LogP contribution in [0.25, 0.3) is 0 Å². The monoisotopic (exact) mass is 327 g/mol. The van der Waals surface area contributed by atoms with Crippen molar-refractivity contribution in [3.8, 4) is 0 Å². The van der Waals surface area contributed by atoms with Gasteiger partial charge in [0, 0.05) is 11.9 Å². The molecule has 0 bridgehead atoms. The van der Waals surface area contributed by atoms with Crippen molar-refractivity contribution in [2.24, 2.45) is 0 Å². The Bertz CT molecular complexity index is 709. The Morgan fingerprint density at radius 3 is 2.25 bits per heavy atom. The number of carbonyl (C=O) groups excluding carboxylic acids is 2. The lowest BCUT2D eigenvalue weighted by atomic mass is 10.0. The molecule has 0 fully saturated rings. The molecule has 1 atom stereocenters. The van der Waals surface area contributed by atoms with Gasteiger partial charge in [0.2, 0.25) is 0 Å². The molecule has 0 saturated heterocycles. The van der Waals surface area contributed by atoms with E-state index >= 15 is 0 Å². The fourth-order valence-corrected chi connectivity index (χ4v) is 1.97. The van der Waals surface area contributed by atoms with Crippen LogP contribution < -0.4 is 5.32 Å². The number of benzene rings is 1. The quantitative estimate of drug-likeness (QED) is 0.854. The number of aryl methyl sites for hydroxylation is 1. The second-order valence-electron chi connectivity index (χ2n) is 5.86. The van der Waals surface area contributed by atoms with Crippen molar-refractivity contribution in [2.75, 3.05) is 5.32 Å². The van der Waals surface area contributed by atoms with E-state index in [1.165, 1.54) is 24.9 Å². The van der Waals surface area contributed by atoms with Crippen LogP contribution in [0.15, 0.2) is 36.7 Å². The lowest BCUT2D eigenvalue weighted by Crippen LogP contribution is -2.30. The van der Waals surface area contributed by atoms with Gasteiger partial charge in [0.1, 0.15) is 0 Å². The second-order valence-corrected chi connectivity index (χ2v) is 5.86. The number of rotatable bonds is 5. The van der Waals surface area contributed by atoms with Crippen LogP contribution >= 0.6 is 0 Å². The lowest BCUT2D eigenvalue weighted by Gasteiger charge is -2.14. The SMILES string of the molecule is Cc1cnc(C(=O)O[C@@H](C)C(=O)Nc2ccc(C(C)C)cc2)cn1. The highest BCUT2D eigenvalue weighted by Crippen LogP contribution is 2.17. The maximum atomic E-state index is 12.1. The van der Waals surface area contributed by atoms with E-state index in [0.29, 0.717) is 17.3 Å². The van der Waals surface area contributed by atoms with Crippen LogP contribution in [-0.4, -0.2) is 27.9 Å². The van der Waals surface area contributed by atoms with Gasteiger partial charge in [0.05, 0.1) is 11.9 Å². The molecule has 0 saturated carbocycles. The van der Waals surface area contributed by atoms with E-state index in [-0.39, 0.29) is 5.69 Å². The number of esters is 1. The molecule has 24 heavy (non-hydrogen) atoms. The summed E-state index contributed by atoms with van der Waals surface area (Å²) in [4.78, 5) is 32.0. The molecular weight excluding hydrogens is 306 g/mol. The first-order valence-electron chi connectivity index (χ1n) is 7.77. The molecule has 2 aromatic rings. The van der Waals surface area contributed by atoms with Crippen LogP contribution in [-0.2, 0) is 9.53 Å². The maximum Gasteiger partial charge on any atom is 0.359 e. The van der Waals surface area contributed by atoms with Crippen molar-refractivity contribution in [1.82, 2.24) is 9.97 Å². The summed E-state index contributed by atoms with van der Waals surface area (Å²) in [5, 5.41) is 2.72. The zero-order valence-electron chi connectivity index (χ0n) is 14.2. The van der Waals surface area contributed by atoms with E-state index in [9.17, 15) is 9.59 Å². The number of anilines is 1. The van der Waals surface area contributed by atoms with Crippen LogP contribution in [0.5, 0.6) is 0 Å². The molecule has 1 N–H and O–H groups in total. The van der Waals surface area contributed by atoms with E-state index in [4.69, 9.17) is 4.74 Å². The van der Waals surface area contributed by atoms with E-state index in [1.807, 2.05) is 24.3 Å². The minimum absolute atomic E-state index is 0.0709. The van der Waals surface area contributed by atoms with Gasteiger partial charge in [0.25, 0.3) is 5.91 Å². The Hall–Kier alpha value is -2.76. The first-order valence-corrected chi connectivity index (χ1v) is 7.77. The summed E-state index contributed by atoms with van der Waals surface area (Å²) in [5.41, 5.74) is 2.61. The summed E-state index contributed by atoms with van der Waals surface area (Å²) in [5.74, 6) is -0.661. The molecule has 0 radical (unpaired) electrons. The van der Waals surface area contributed by atoms with Crippen molar-refractivity contribution in [2.45, 2.75) is 39.7 Å². The number of nitrogens with zero attached hydrogens (tertiary/aromatic N) is 2. The van der Waals surface area contributed by atoms with E-state index in [1.54, 1.807) is 6.92 Å². The van der Waals surface area contributed by atoms with Gasteiger partial charge in [0.15, 0.2) is 11.8 Å². The third kappa shape index (κ3) is 4.62. The number of hydrogen-bond donors (Lipinski definition) is 1. The molecule has 1 aromatic heterocycles. The average Bonchev–Trinajstić information content (AvgIpc) is 2.55. The van der Waals surface area contributed by atoms with Crippen molar-refractivity contribution in [3.05, 3.63) is 53.6 Å². The van der Waals surface area contributed by atoms with Crippen molar-refractivity contribution in [3.63, 3.8) is 0 Å². The minimum Gasteiger partial charge on any atom is -0.448 e. The molecule has 6 heteroatoms. The summed E-state index contributed by atoms with van der Waals surface area (Å²) < 4.78 is 5.12. The zero-order chi connectivity index (χ0) is 17.7. The molecule has 0 aliphatic heterocycles. The van der Waals surface area contributed by atoms with Gasteiger partial charge in [-0.15, -0.1) is 0 Å². The third-order valence-corrected chi connectivity index (χ3v) is 3.49. The van der Waals surface area contributed by atoms with Gasteiger partial charge >= 0.3 is 5.97 Å². The molecule has 126 valence electrons. The smallest absolute Gasteiger partial charge is 0.359 e. The molecule has 0 aliphatic carbocycles. The summed E-state index contributed by atoms with van der Waals surface area (Å²) in [6.45, 7) is 7.48. The summed E-state index contributed by atoms with van der Waals surface area (Å²) >= 11 is 0. The van der Waals surface area contributed by atoms with Gasteiger partial charge in [-0.3, -0.25) is 9.78 Å². The Kier molecular flexibility index (Phi) is 5.63. The molecule has 6 nitrogen and oxygen atoms in total. The molecule has 2 rings (SSSR count). The first-order chi connectivity index (χ1) is 11.4. The minimum atomic E-state index is -0.939. The van der Waals surface area contributed by atoms with Crippen LogP contribution in [0.1, 0.15) is 48.4 Å². The van der Waals surface area contributed by atoms with Crippen molar-refractivity contribution < 1.29 is 14.3 Å². The highest BCUT2D eigenvalue weighted by atomic mass is 16.5. The Morgan fingerprint density at radius 1 is 1.04 bits per heavy atom. The summed E-state index contributed by atoms with van der Waals surface area (Å²) in [6, 6.07) is 7.57. The normalized spacial score (nSPS) is 11.9. The molecule has 0 spiro atoms. The Labute approximate surface area is 141 Å². The van der Waals surface area contributed by atoms with Gasteiger partial charge in [-0.1, -0.05) is 26.0 Å². The standard InChI is InChI=1S/C18H21N3O3/c1-11(2)14-5-7-15(8-6-14)21-17(22)13(4)24-18(23)16-10-19-12(3)9-20-16/h5-11,13H,1-4H3,(H,21,22)/t13-/m0/s1. The number of hydrogen-bond acceptors (Lipinski definition) is 5. The maximum absolute atomic E-state index is 12.1. The predicted octanol–water partition coefficient (Wildman–Crippen LogP) is 3.09. The Balaban J connectivity index is 1.94. The fourth-order valence-electron chi connectivity index (χ4n) is 1.97. The van der Waals surface area contributed by atoms with Crippen LogP contribution in [0, 0.1) is 6.92 Å². The van der Waals surface area contributed by atoms with Gasteiger partial charge in [-0.2, -0.15) is 0 Å². The number of amides is 1. The highest BCUT2D eigenvalue weighted by Gasteiger charge is 2.20. The average molecular weight is 327 g/mol. The molecule has 0 aliphatic rings. The largest absolute Gasteiger partial charge is 0.448 e. The van der Waals surface area contributed by atoms with E-state index < -0.39 is 18.0 Å². The van der Waals surface area contributed by atoms with Gasteiger partial charge in [-0.05, 0) is 37.5 Å². The van der Waals surface area contributed by atoms with E-state index in [0.717, 1.165) is 0 Å². The molecule has 1 amide bonds. The molecule has 1 heterocycles. The molecular formula is C18H21N3O3. The Morgan fingerprint density at radius 2 is 1.71 bits per heavy atom. The predicted molar refractivity (Wildman–Crippen MR) is 90.8 cm³/mol. The van der Waals surface area contributed by atoms with Crippen molar-refractivity contribution >= 4 is 17.6 Å². The fraction of sp³-hybridized carbons (Fsp3) is 0.333. The van der Waals surface area contributed by atoms with E-state index in [2.05, 4.69) is 29.1 Å². The molecule has 1 aromatic carbocycles. The van der Waals surface area contributed by atoms with Gasteiger partial charge in [-0.25, -0.2) is 9.78 Å². The van der Waals surface area contributed by atoms with Crippen LogP contribution in [0.2, 0.25) is 0 Å². The topological polar surface area (TPSA) is 81.2 Å². The van der Waals surface area contributed by atoms with Crippen LogP contribution in [0.3, 0.4) is 0 Å². The summed E-state index contributed by atoms with van der Waals surface area (Å²) in [7, 11) is 0. The number of carbonyl (C=O) groups is 2. The van der Waals surface area contributed by atoms with Crippen LogP contribution in [0.4, 0.5) is 5.69 Å². The number of aromatic nitrogens is 2. The molecule has 0 unspecified atom stereocenters. The second kappa shape index (κ2) is 7.68. The van der Waals surface area contributed by atoms with Gasteiger partial charge < -0.3 is 10.1 Å².